The van der Waals surface area contributed by atoms with Crippen LogP contribution in [0.25, 0.3) is 0 Å². The Morgan fingerprint density at radius 2 is 1.09 bits per heavy atom. The van der Waals surface area contributed by atoms with E-state index in [4.69, 9.17) is 4.74 Å². The summed E-state index contributed by atoms with van der Waals surface area (Å²) >= 11 is 2.99. The average Bonchev–Trinajstić information content (AvgIpc) is 3.73. The van der Waals surface area contributed by atoms with E-state index in [0.29, 0.717) is 4.50 Å². The summed E-state index contributed by atoms with van der Waals surface area (Å²) in [7, 11) is 0. The summed E-state index contributed by atoms with van der Waals surface area (Å²) < 4.78 is 7.79. The molecule has 0 aromatic heterocycles. The number of hydrogen-bond acceptors (Lipinski definition) is 2. The van der Waals surface area contributed by atoms with Gasteiger partial charge in [-0.15, -0.1) is 0 Å². The summed E-state index contributed by atoms with van der Waals surface area (Å²) in [5.74, 6) is 0.229. The van der Waals surface area contributed by atoms with Crippen LogP contribution in [0.15, 0.2) is 0 Å². The summed E-state index contributed by atoms with van der Waals surface area (Å²) in [4.78, 5) is 22.3. The molecule has 0 radical (unpaired) electrons. The SMILES string of the molecule is CCCCCCCCCCCCCCCCCC(=O)O[C]12[CH]3[CH]4[CH]5[CH]1[Fe]45321678[CH]2[CH]1[CH]6[C]7(I)[CH]28. The van der Waals surface area contributed by atoms with E-state index in [1.54, 1.807) is 0 Å². The predicted octanol–water partition coefficient (Wildman–Crippen LogP) is 9.43. The molecule has 10 heterocycles. The molecule has 0 saturated carbocycles. The second-order valence-electron chi connectivity index (χ2n) is 15.8. The molecule has 0 N–H and O–H groups in total. The summed E-state index contributed by atoms with van der Waals surface area (Å²) in [6, 6.07) is 0. The molecule has 4 heteroatoms. The van der Waals surface area contributed by atoms with Crippen LogP contribution in [0.1, 0.15) is 110 Å². The summed E-state index contributed by atoms with van der Waals surface area (Å²) in [5.41, 5.74) is 0. The molecule has 8 unspecified atom stereocenters. The first kappa shape index (κ1) is 18.9. The molecular formula is C28H43FeIO2. The van der Waals surface area contributed by atoms with Crippen LogP contribution in [0.2, 0.25) is 38.5 Å². The van der Waals surface area contributed by atoms with Gasteiger partial charge in [-0.05, 0) is 0 Å². The van der Waals surface area contributed by atoms with Gasteiger partial charge < -0.3 is 0 Å². The predicted molar refractivity (Wildman–Crippen MR) is 135 cm³/mol. The van der Waals surface area contributed by atoms with Crippen molar-refractivity contribution < 1.29 is 16.0 Å². The first-order valence-electron chi connectivity index (χ1n) is 14.5. The van der Waals surface area contributed by atoms with Gasteiger partial charge in [-0.3, -0.25) is 0 Å². The Hall–Kier alpha value is 0.719. The van der Waals surface area contributed by atoms with Crippen LogP contribution in [0.3, 0.4) is 0 Å². The van der Waals surface area contributed by atoms with Crippen molar-refractivity contribution in [3.05, 3.63) is 0 Å². The molecule has 10 rings (SSSR count). The van der Waals surface area contributed by atoms with E-state index in [1.807, 2.05) is 0 Å². The molecule has 10 fully saturated rings. The number of carbonyl (C=O) groups is 1. The third kappa shape index (κ3) is 0.439. The van der Waals surface area contributed by atoms with Gasteiger partial charge in [0.1, 0.15) is 0 Å². The number of carbonyl (C=O) groups excluding carboxylic acids is 1. The van der Waals surface area contributed by atoms with E-state index < -0.39 is 6.51 Å². The average molecular weight is 594 g/mol. The van der Waals surface area contributed by atoms with Crippen molar-refractivity contribution in [1.29, 1.82) is 0 Å². The molecule has 182 valence electrons. The Labute approximate surface area is 198 Å². The van der Waals surface area contributed by atoms with Gasteiger partial charge in [-0.1, -0.05) is 51.9 Å². The topological polar surface area (TPSA) is 26.3 Å². The van der Waals surface area contributed by atoms with Crippen LogP contribution in [-0.4, -0.2) is 12.8 Å². The molecule has 0 aliphatic carbocycles. The van der Waals surface area contributed by atoms with Crippen LogP contribution >= 0.6 is 22.6 Å². The molecule has 0 amide bonds. The van der Waals surface area contributed by atoms with Gasteiger partial charge in [0.25, 0.3) is 0 Å². The van der Waals surface area contributed by atoms with Crippen molar-refractivity contribution in [2.45, 2.75) is 155 Å². The van der Waals surface area contributed by atoms with Crippen LogP contribution < -0.4 is 0 Å². The van der Waals surface area contributed by atoms with Crippen LogP contribution in [0, 0.1) is 0 Å². The molecule has 1 spiro atoms. The Kier molecular flexibility index (Phi) is 1.71. The number of esters is 1. The summed E-state index contributed by atoms with van der Waals surface area (Å²) in [6.07, 6.45) is 21.5. The van der Waals surface area contributed by atoms with Gasteiger partial charge in [0.2, 0.25) is 0 Å². The van der Waals surface area contributed by atoms with Crippen molar-refractivity contribution in [2.24, 2.45) is 0 Å². The van der Waals surface area contributed by atoms with Gasteiger partial charge in [-0.2, -0.15) is 0 Å². The normalized spacial score (nSPS) is 71.1. The van der Waals surface area contributed by atoms with Crippen molar-refractivity contribution in [3.63, 3.8) is 0 Å². The maximum absolute atomic E-state index is 12.9. The number of alkyl halides is 1. The fourth-order valence-electron chi connectivity index (χ4n) is 19.1. The fraction of sp³-hybridized carbons (Fsp3) is 0.964. The van der Waals surface area contributed by atoms with E-state index in [2.05, 4.69) is 29.5 Å². The Morgan fingerprint density at radius 3 is 1.41 bits per heavy atom. The van der Waals surface area contributed by atoms with Gasteiger partial charge >= 0.3 is 148 Å². The van der Waals surface area contributed by atoms with Crippen molar-refractivity contribution >= 4 is 28.6 Å². The first-order chi connectivity index (χ1) is 15.4. The Morgan fingerprint density at radius 1 is 0.688 bits per heavy atom. The molecule has 32 heavy (non-hydrogen) atoms. The molecule has 0 aromatic carbocycles. The molecule has 10 aliphatic heterocycles. The Bertz CT molecular complexity index is 1280. The van der Waals surface area contributed by atoms with E-state index in [-0.39, 0.29) is 5.97 Å². The third-order valence-corrected chi connectivity index (χ3v) is 70.9. The van der Waals surface area contributed by atoms with Crippen molar-refractivity contribution in [3.8, 4) is 0 Å². The zero-order valence-corrected chi connectivity index (χ0v) is 23.2. The zero-order chi connectivity index (χ0) is 21.5. The van der Waals surface area contributed by atoms with Gasteiger partial charge in [0.15, 0.2) is 0 Å². The van der Waals surface area contributed by atoms with E-state index in [1.165, 1.54) is 119 Å². The van der Waals surface area contributed by atoms with Crippen molar-refractivity contribution in [1.82, 2.24) is 0 Å². The van der Waals surface area contributed by atoms with Gasteiger partial charge in [-0.25, -0.2) is 0 Å². The number of hydrogen-bond donors (Lipinski definition) is 0. The zero-order valence-electron chi connectivity index (χ0n) is 20.0. The maximum atomic E-state index is 12.9. The number of unbranched alkanes of at least 4 members (excludes halogenated alkanes) is 14. The first-order valence-corrected chi connectivity index (χ1v) is 21.8. The number of fused-ring (bicyclic) bond motifs is 10. The second kappa shape index (κ2) is 2.89. The van der Waals surface area contributed by atoms with Gasteiger partial charge in [0, 0.05) is 0 Å². The van der Waals surface area contributed by atoms with E-state index in [0.717, 1.165) is 24.8 Å². The monoisotopic (exact) mass is 594 g/mol. The quantitative estimate of drug-likeness (QED) is 0.0552. The van der Waals surface area contributed by atoms with Crippen molar-refractivity contribution in [2.75, 3.05) is 0 Å². The summed E-state index contributed by atoms with van der Waals surface area (Å²) in [6.45, 7) is -1.07. The number of ether oxygens (including phenoxy) is 1. The second-order valence-corrected chi connectivity index (χ2v) is 41.7. The molecule has 0 aromatic rings. The standard InChI is InChI=1S/C23H39O2.C5H4I.Fe/c1-2-3-4-5-6-7-8-9-10-11-12-13-14-15-16-21-23(24)25-22-19-17-18-20-22;6-5-3-1-2-4-5;/h17-20H,2-16,21H2,1H3;1-4H;. The molecule has 10 saturated heterocycles. The van der Waals surface area contributed by atoms with Crippen LogP contribution in [-0.2, 0) is 16.0 Å². The molecule has 10 aliphatic rings. The third-order valence-electron chi connectivity index (χ3n) is 18.8. The minimum atomic E-state index is -3.36. The molecule has 8 atom stereocenters. The minimum absolute atomic E-state index is 0.229. The van der Waals surface area contributed by atoms with E-state index in [9.17, 15) is 4.79 Å². The fourth-order valence-corrected chi connectivity index (χ4v) is 110. The van der Waals surface area contributed by atoms with Crippen LogP contribution in [0.4, 0.5) is 0 Å². The van der Waals surface area contributed by atoms with E-state index >= 15 is 0 Å². The summed E-state index contributed by atoms with van der Waals surface area (Å²) in [5, 5.41) is 0. The van der Waals surface area contributed by atoms with Gasteiger partial charge in [0.05, 0.1) is 0 Å². The number of halogens is 1. The molecule has 0 bridgehead atoms. The van der Waals surface area contributed by atoms with Crippen LogP contribution in [0.5, 0.6) is 0 Å². The molecular weight excluding hydrogens is 551 g/mol. The molecule has 2 nitrogen and oxygen atoms in total. The Balaban J connectivity index is 0.632. The number of rotatable bonds is 17.